The number of fused-ring (bicyclic) bond motifs is 5. The van der Waals surface area contributed by atoms with Crippen LogP contribution < -0.4 is 9.80 Å². The first-order chi connectivity index (χ1) is 27.1. The molecule has 0 saturated heterocycles. The minimum atomic E-state index is -0.211. The number of hydrogen-bond acceptors (Lipinski definition) is 2. The van der Waals surface area contributed by atoms with E-state index in [1.165, 1.54) is 89.2 Å². The third-order valence-corrected chi connectivity index (χ3v) is 12.7. The number of hydrogen-bond donors (Lipinski definition) is 0. The lowest BCUT2D eigenvalue weighted by molar-refractivity contribution is 0.639. The van der Waals surface area contributed by atoms with E-state index in [0.717, 1.165) is 11.4 Å². The van der Waals surface area contributed by atoms with Crippen molar-refractivity contribution in [2.75, 3.05) is 9.80 Å². The summed E-state index contributed by atoms with van der Waals surface area (Å²) < 4.78 is 0. The zero-order valence-corrected chi connectivity index (χ0v) is 33.1. The van der Waals surface area contributed by atoms with Crippen molar-refractivity contribution in [2.24, 2.45) is 0 Å². The normalized spacial score (nSPS) is 14.2. The number of para-hydroxylation sites is 4. The van der Waals surface area contributed by atoms with Crippen molar-refractivity contribution in [3.63, 3.8) is 0 Å². The predicted octanol–water partition coefficient (Wildman–Crippen LogP) is 15.0. The van der Waals surface area contributed by atoms with Crippen LogP contribution >= 0.6 is 0 Å². The number of nitrogens with zero attached hydrogens (tertiary/aromatic N) is 2. The molecule has 0 aliphatic heterocycles. The van der Waals surface area contributed by atoms with Gasteiger partial charge in [0.05, 0.1) is 5.69 Å². The fourth-order valence-corrected chi connectivity index (χ4v) is 9.74. The number of benzene rings is 8. The Hall–Kier alpha value is -6.38. The van der Waals surface area contributed by atoms with Crippen LogP contribution in [-0.4, -0.2) is 0 Å². The van der Waals surface area contributed by atoms with E-state index in [1.807, 2.05) is 0 Å². The van der Waals surface area contributed by atoms with Gasteiger partial charge >= 0.3 is 0 Å². The topological polar surface area (TPSA) is 6.48 Å². The molecule has 2 heteroatoms. The Morgan fingerprint density at radius 2 is 0.839 bits per heavy atom. The second-order valence-corrected chi connectivity index (χ2v) is 16.7. The van der Waals surface area contributed by atoms with Crippen LogP contribution in [0, 0.1) is 13.8 Å². The molecule has 0 atom stereocenters. The summed E-state index contributed by atoms with van der Waals surface area (Å²) >= 11 is 0. The summed E-state index contributed by atoms with van der Waals surface area (Å²) in [7, 11) is 0. The van der Waals surface area contributed by atoms with Crippen molar-refractivity contribution in [3.8, 4) is 22.3 Å². The fraction of sp³-hybridized carbons (Fsp3) is 0.148. The van der Waals surface area contributed by atoms with Gasteiger partial charge in [0, 0.05) is 44.7 Å². The predicted molar refractivity (Wildman–Crippen MR) is 238 cm³/mol. The number of anilines is 6. The zero-order chi connectivity index (χ0) is 38.3. The lowest BCUT2D eigenvalue weighted by atomic mass is 9.67. The average Bonchev–Trinajstić information content (AvgIpc) is 3.44. The highest BCUT2D eigenvalue weighted by Crippen LogP contribution is 2.57. The van der Waals surface area contributed by atoms with E-state index in [1.54, 1.807) is 0 Å². The largest absolute Gasteiger partial charge is 0.310 e. The molecule has 272 valence electrons. The van der Waals surface area contributed by atoms with Gasteiger partial charge in [-0.25, -0.2) is 0 Å². The molecule has 0 N–H and O–H groups in total. The molecule has 0 unspecified atom stereocenters. The van der Waals surface area contributed by atoms with Crippen LogP contribution in [-0.2, 0) is 10.8 Å². The van der Waals surface area contributed by atoms with E-state index >= 15 is 0 Å². The Balaban J connectivity index is 1.15. The van der Waals surface area contributed by atoms with E-state index in [9.17, 15) is 0 Å². The molecule has 8 aromatic carbocycles. The summed E-state index contributed by atoms with van der Waals surface area (Å²) in [6, 6.07) is 62.9. The van der Waals surface area contributed by atoms with Gasteiger partial charge in [-0.05, 0) is 142 Å². The molecule has 0 amide bonds. The molecule has 0 bridgehead atoms. The molecule has 2 aliphatic carbocycles. The Morgan fingerprint density at radius 3 is 1.46 bits per heavy atom. The summed E-state index contributed by atoms with van der Waals surface area (Å²) in [5, 5.41) is 2.63. The monoisotopic (exact) mass is 722 g/mol. The Kier molecular flexibility index (Phi) is 7.67. The van der Waals surface area contributed by atoms with Crippen LogP contribution in [0.5, 0.6) is 0 Å². The highest BCUT2D eigenvalue weighted by molar-refractivity contribution is 6.11. The van der Waals surface area contributed by atoms with Crippen LogP contribution in [0.1, 0.15) is 61.1 Å². The first kappa shape index (κ1) is 34.1. The minimum Gasteiger partial charge on any atom is -0.310 e. The molecule has 0 radical (unpaired) electrons. The smallest absolute Gasteiger partial charge is 0.0540 e. The first-order valence-corrected chi connectivity index (χ1v) is 19.9. The van der Waals surface area contributed by atoms with Crippen molar-refractivity contribution in [1.82, 2.24) is 0 Å². The Bertz CT molecular complexity index is 2830. The van der Waals surface area contributed by atoms with E-state index in [2.05, 4.69) is 221 Å². The molecule has 0 aromatic heterocycles. The van der Waals surface area contributed by atoms with Gasteiger partial charge in [-0.3, -0.25) is 0 Å². The van der Waals surface area contributed by atoms with Gasteiger partial charge < -0.3 is 9.80 Å². The fourth-order valence-electron chi connectivity index (χ4n) is 9.74. The SMILES string of the molecule is Cc1ccccc1N(c1ccccc1)c1ccc2c(c1)C(C)(C)c1cc3c(cc1-2)C(C)(C)c1cccc2c(N(c4ccccc4)c4ccccc4C)ccc-3c12. The molecule has 0 spiro atoms. The van der Waals surface area contributed by atoms with Crippen LogP contribution in [0.2, 0.25) is 0 Å². The van der Waals surface area contributed by atoms with E-state index in [0.29, 0.717) is 0 Å². The van der Waals surface area contributed by atoms with Crippen molar-refractivity contribution < 1.29 is 0 Å². The molecular formula is C54H46N2. The summed E-state index contributed by atoms with van der Waals surface area (Å²) in [6.45, 7) is 14.1. The van der Waals surface area contributed by atoms with Crippen LogP contribution in [0.15, 0.2) is 170 Å². The molecule has 0 fully saturated rings. The summed E-state index contributed by atoms with van der Waals surface area (Å²) in [5.41, 5.74) is 20.0. The van der Waals surface area contributed by atoms with Crippen molar-refractivity contribution in [1.29, 1.82) is 0 Å². The van der Waals surface area contributed by atoms with Gasteiger partial charge in [0.2, 0.25) is 0 Å². The third-order valence-electron chi connectivity index (χ3n) is 12.7. The lowest BCUT2D eigenvalue weighted by Gasteiger charge is -2.37. The molecule has 8 aromatic rings. The standard InChI is InChI=1S/C54H46N2/c1-35-18-13-15-26-49(35)55(37-20-9-7-10-21-37)39-28-29-40-43-33-48-44(34-47(43)54(5,6)46(40)32-39)41-30-31-51(42-24-17-25-45(52(41)42)53(48,3)4)56(38-22-11-8-12-23-38)50-27-16-14-19-36(50)2/h7-34H,1-6H3. The first-order valence-electron chi connectivity index (χ1n) is 19.9. The van der Waals surface area contributed by atoms with Gasteiger partial charge in [0.1, 0.15) is 0 Å². The van der Waals surface area contributed by atoms with E-state index in [4.69, 9.17) is 0 Å². The molecule has 2 nitrogen and oxygen atoms in total. The number of aryl methyl sites for hydroxylation is 2. The second kappa shape index (κ2) is 12.6. The van der Waals surface area contributed by atoms with E-state index < -0.39 is 0 Å². The second-order valence-electron chi connectivity index (χ2n) is 16.7. The summed E-state index contributed by atoms with van der Waals surface area (Å²) in [5.74, 6) is 0. The molecule has 10 rings (SSSR count). The highest BCUT2D eigenvalue weighted by atomic mass is 15.2. The van der Waals surface area contributed by atoms with Gasteiger partial charge in [-0.15, -0.1) is 0 Å². The van der Waals surface area contributed by atoms with Gasteiger partial charge in [0.25, 0.3) is 0 Å². The molecule has 56 heavy (non-hydrogen) atoms. The van der Waals surface area contributed by atoms with E-state index in [-0.39, 0.29) is 10.8 Å². The Labute approximate surface area is 331 Å². The minimum absolute atomic E-state index is 0.196. The van der Waals surface area contributed by atoms with Gasteiger partial charge in [-0.1, -0.05) is 131 Å². The summed E-state index contributed by atoms with van der Waals surface area (Å²) in [6.07, 6.45) is 0. The maximum absolute atomic E-state index is 2.54. The lowest BCUT2D eigenvalue weighted by Crippen LogP contribution is -2.25. The maximum atomic E-state index is 2.54. The Morgan fingerprint density at radius 1 is 0.339 bits per heavy atom. The average molecular weight is 723 g/mol. The van der Waals surface area contributed by atoms with Gasteiger partial charge in [0.15, 0.2) is 0 Å². The van der Waals surface area contributed by atoms with Crippen molar-refractivity contribution in [3.05, 3.63) is 203 Å². The number of rotatable bonds is 6. The molecule has 0 heterocycles. The third kappa shape index (κ3) is 5.02. The molecular weight excluding hydrogens is 677 g/mol. The van der Waals surface area contributed by atoms with Crippen LogP contribution in [0.3, 0.4) is 0 Å². The van der Waals surface area contributed by atoms with Gasteiger partial charge in [-0.2, -0.15) is 0 Å². The zero-order valence-electron chi connectivity index (χ0n) is 33.1. The molecule has 2 aliphatic rings. The van der Waals surface area contributed by atoms with Crippen molar-refractivity contribution in [2.45, 2.75) is 52.4 Å². The highest BCUT2D eigenvalue weighted by Gasteiger charge is 2.41. The maximum Gasteiger partial charge on any atom is 0.0540 e. The molecule has 0 saturated carbocycles. The van der Waals surface area contributed by atoms with Crippen molar-refractivity contribution >= 4 is 44.9 Å². The van der Waals surface area contributed by atoms with Crippen LogP contribution in [0.4, 0.5) is 34.1 Å². The summed E-state index contributed by atoms with van der Waals surface area (Å²) in [4.78, 5) is 4.85. The quantitative estimate of drug-likeness (QED) is 0.169. The van der Waals surface area contributed by atoms with Crippen LogP contribution in [0.25, 0.3) is 33.0 Å².